The summed E-state index contributed by atoms with van der Waals surface area (Å²) in [6.45, 7) is 8.28. The molecule has 0 aromatic heterocycles. The standard InChI is InChI=1S/C31H37F3O5/c1-20-15-23(11-13-26(20)38-18-25(36)17-35)30(31(32,33)34,22-9-7-6-8-10-22)24-12-14-27(21(2)16-24)39-19-28(37)29(3,4)5/h6-16,25,28,35-37H,17-19H2,1-5H3. The van der Waals surface area contributed by atoms with Crippen molar-refractivity contribution < 1.29 is 38.0 Å². The van der Waals surface area contributed by atoms with Crippen LogP contribution in [0.4, 0.5) is 13.2 Å². The molecule has 212 valence electrons. The molecule has 0 bridgehead atoms. The molecule has 0 saturated heterocycles. The fraction of sp³-hybridized carbons (Fsp3) is 0.419. The van der Waals surface area contributed by atoms with Gasteiger partial charge in [0.1, 0.15) is 36.2 Å². The van der Waals surface area contributed by atoms with Gasteiger partial charge in [-0.15, -0.1) is 0 Å². The van der Waals surface area contributed by atoms with Crippen molar-refractivity contribution in [1.82, 2.24) is 0 Å². The van der Waals surface area contributed by atoms with Crippen molar-refractivity contribution in [2.75, 3.05) is 19.8 Å². The predicted octanol–water partition coefficient (Wildman–Crippen LogP) is 5.72. The number of ether oxygens (including phenoxy) is 2. The Labute approximate surface area is 227 Å². The number of rotatable bonds is 10. The zero-order chi connectivity index (χ0) is 29.0. The molecule has 3 atom stereocenters. The molecule has 0 heterocycles. The highest BCUT2D eigenvalue weighted by atomic mass is 19.4. The maximum absolute atomic E-state index is 15.4. The maximum atomic E-state index is 15.4. The van der Waals surface area contributed by atoms with E-state index in [4.69, 9.17) is 14.6 Å². The Hall–Kier alpha value is -3.07. The van der Waals surface area contributed by atoms with Crippen molar-refractivity contribution in [3.63, 3.8) is 0 Å². The van der Waals surface area contributed by atoms with Crippen molar-refractivity contribution in [2.45, 2.75) is 58.4 Å². The van der Waals surface area contributed by atoms with E-state index in [2.05, 4.69) is 0 Å². The Morgan fingerprint density at radius 3 is 1.62 bits per heavy atom. The van der Waals surface area contributed by atoms with Crippen LogP contribution in [0.3, 0.4) is 0 Å². The van der Waals surface area contributed by atoms with Gasteiger partial charge in [0.05, 0.1) is 12.7 Å². The van der Waals surface area contributed by atoms with E-state index >= 15 is 13.2 Å². The van der Waals surface area contributed by atoms with Crippen molar-refractivity contribution >= 4 is 0 Å². The topological polar surface area (TPSA) is 79.2 Å². The number of halogens is 3. The molecule has 0 aliphatic rings. The quantitative estimate of drug-likeness (QED) is 0.284. The highest BCUT2D eigenvalue weighted by molar-refractivity contribution is 5.56. The SMILES string of the molecule is Cc1cc(C(c2ccccc2)(c2ccc(OCC(O)C(C)(C)C)c(C)c2)C(F)(F)F)ccc1OCC(O)CO. The van der Waals surface area contributed by atoms with Gasteiger partial charge in [-0.2, -0.15) is 13.2 Å². The molecule has 0 saturated carbocycles. The second kappa shape index (κ2) is 12.0. The molecule has 3 aromatic carbocycles. The molecule has 8 heteroatoms. The summed E-state index contributed by atoms with van der Waals surface area (Å²) in [6, 6.07) is 16.5. The number of hydrogen-bond donors (Lipinski definition) is 3. The summed E-state index contributed by atoms with van der Waals surface area (Å²) in [5.74, 6) is 0.710. The maximum Gasteiger partial charge on any atom is 0.406 e. The second-order valence-corrected chi connectivity index (χ2v) is 10.9. The van der Waals surface area contributed by atoms with Crippen molar-refractivity contribution in [3.8, 4) is 11.5 Å². The van der Waals surface area contributed by atoms with E-state index in [1.54, 1.807) is 32.0 Å². The molecular formula is C31H37F3O5. The minimum atomic E-state index is -4.73. The summed E-state index contributed by atoms with van der Waals surface area (Å²) in [5, 5.41) is 29.0. The molecule has 3 unspecified atom stereocenters. The van der Waals surface area contributed by atoms with Gasteiger partial charge in [-0.3, -0.25) is 0 Å². The lowest BCUT2D eigenvalue weighted by Gasteiger charge is -2.38. The first-order chi connectivity index (χ1) is 18.2. The molecule has 0 aliphatic heterocycles. The first-order valence-electron chi connectivity index (χ1n) is 12.8. The van der Waals surface area contributed by atoms with Gasteiger partial charge in [0.2, 0.25) is 0 Å². The van der Waals surface area contributed by atoms with Crippen molar-refractivity contribution in [2.24, 2.45) is 5.41 Å². The minimum absolute atomic E-state index is 0.00461. The van der Waals surface area contributed by atoms with E-state index in [0.29, 0.717) is 22.6 Å². The average Bonchev–Trinajstić information content (AvgIpc) is 2.87. The smallest absolute Gasteiger partial charge is 0.406 e. The summed E-state index contributed by atoms with van der Waals surface area (Å²) in [6.07, 6.45) is -6.58. The lowest BCUT2D eigenvalue weighted by Crippen LogP contribution is -2.44. The normalized spacial score (nSPS) is 15.4. The first-order valence-corrected chi connectivity index (χ1v) is 12.8. The van der Waals surface area contributed by atoms with Crippen molar-refractivity contribution in [3.05, 3.63) is 94.5 Å². The van der Waals surface area contributed by atoms with Gasteiger partial charge in [0.25, 0.3) is 0 Å². The molecule has 0 radical (unpaired) electrons. The van der Waals surface area contributed by atoms with Gasteiger partial charge < -0.3 is 24.8 Å². The zero-order valence-corrected chi connectivity index (χ0v) is 22.9. The van der Waals surface area contributed by atoms with E-state index in [9.17, 15) is 10.2 Å². The van der Waals surface area contributed by atoms with Crippen LogP contribution in [0, 0.1) is 19.3 Å². The number of aryl methyl sites for hydroxylation is 2. The van der Waals surface area contributed by atoms with Crippen LogP contribution < -0.4 is 9.47 Å². The van der Waals surface area contributed by atoms with Crippen LogP contribution in [-0.4, -0.2) is 53.5 Å². The minimum Gasteiger partial charge on any atom is -0.491 e. The largest absolute Gasteiger partial charge is 0.491 e. The van der Waals surface area contributed by atoms with E-state index in [1.165, 1.54) is 48.5 Å². The number of benzene rings is 3. The van der Waals surface area contributed by atoms with E-state index < -0.39 is 35.8 Å². The summed E-state index contributed by atoms with van der Waals surface area (Å²) < 4.78 is 57.6. The number of aliphatic hydroxyl groups excluding tert-OH is 3. The highest BCUT2D eigenvalue weighted by Crippen LogP contribution is 2.52. The van der Waals surface area contributed by atoms with E-state index in [0.717, 1.165) is 0 Å². The van der Waals surface area contributed by atoms with Crippen LogP contribution in [0.2, 0.25) is 0 Å². The van der Waals surface area contributed by atoms with Gasteiger partial charge in [-0.05, 0) is 59.2 Å². The Bertz CT molecular complexity index is 1240. The van der Waals surface area contributed by atoms with Gasteiger partial charge in [-0.25, -0.2) is 0 Å². The molecule has 0 spiro atoms. The van der Waals surface area contributed by atoms with Gasteiger partial charge >= 0.3 is 6.18 Å². The molecule has 5 nitrogen and oxygen atoms in total. The predicted molar refractivity (Wildman–Crippen MR) is 144 cm³/mol. The molecule has 3 rings (SSSR count). The van der Waals surface area contributed by atoms with Gasteiger partial charge in [-0.1, -0.05) is 75.4 Å². The van der Waals surface area contributed by atoms with Crippen LogP contribution in [0.25, 0.3) is 0 Å². The van der Waals surface area contributed by atoms with Crippen LogP contribution in [0.1, 0.15) is 48.6 Å². The van der Waals surface area contributed by atoms with E-state index in [1.807, 2.05) is 20.8 Å². The molecule has 0 fully saturated rings. The van der Waals surface area contributed by atoms with Crippen LogP contribution in [0.5, 0.6) is 11.5 Å². The third kappa shape index (κ3) is 6.57. The summed E-state index contributed by atoms with van der Waals surface area (Å²) in [4.78, 5) is 0. The van der Waals surface area contributed by atoms with Crippen LogP contribution in [-0.2, 0) is 5.41 Å². The van der Waals surface area contributed by atoms with Crippen LogP contribution >= 0.6 is 0 Å². The molecule has 39 heavy (non-hydrogen) atoms. The molecule has 3 N–H and O–H groups in total. The zero-order valence-electron chi connectivity index (χ0n) is 22.9. The average molecular weight is 547 g/mol. The monoisotopic (exact) mass is 546 g/mol. The van der Waals surface area contributed by atoms with Crippen molar-refractivity contribution in [1.29, 1.82) is 0 Å². The summed E-state index contributed by atoms with van der Waals surface area (Å²) in [7, 11) is 0. The molecule has 0 aliphatic carbocycles. The Balaban J connectivity index is 2.14. The Morgan fingerprint density at radius 2 is 1.21 bits per heavy atom. The lowest BCUT2D eigenvalue weighted by molar-refractivity contribution is -0.166. The Morgan fingerprint density at radius 1 is 0.718 bits per heavy atom. The Kier molecular flexibility index (Phi) is 9.36. The molecule has 3 aromatic rings. The number of alkyl halides is 3. The first kappa shape index (κ1) is 30.5. The molecule has 0 amide bonds. The second-order valence-electron chi connectivity index (χ2n) is 10.9. The number of hydrogen-bond acceptors (Lipinski definition) is 5. The molecular weight excluding hydrogens is 509 g/mol. The lowest BCUT2D eigenvalue weighted by atomic mass is 9.68. The third-order valence-electron chi connectivity index (χ3n) is 6.89. The van der Waals surface area contributed by atoms with E-state index in [-0.39, 0.29) is 29.9 Å². The van der Waals surface area contributed by atoms with Gasteiger partial charge in [0, 0.05) is 0 Å². The fourth-order valence-corrected chi connectivity index (χ4v) is 4.43. The third-order valence-corrected chi connectivity index (χ3v) is 6.89. The van der Waals surface area contributed by atoms with Gasteiger partial charge in [0.15, 0.2) is 0 Å². The van der Waals surface area contributed by atoms with Crippen LogP contribution in [0.15, 0.2) is 66.7 Å². The fourth-order valence-electron chi connectivity index (χ4n) is 4.43. The summed E-state index contributed by atoms with van der Waals surface area (Å²) in [5.41, 5.74) is -1.87. The highest BCUT2D eigenvalue weighted by Gasteiger charge is 2.58. The number of aliphatic hydroxyl groups is 3. The summed E-state index contributed by atoms with van der Waals surface area (Å²) >= 11 is 0.